The molecule has 0 saturated carbocycles. The number of carboxylic acids is 1. The minimum Gasteiger partial charge on any atom is -0.480 e. The van der Waals surface area contributed by atoms with E-state index in [2.05, 4.69) is 18.3 Å². The highest BCUT2D eigenvalue weighted by Crippen LogP contribution is 2.36. The van der Waals surface area contributed by atoms with Crippen LogP contribution in [0.2, 0.25) is 0 Å². The van der Waals surface area contributed by atoms with Crippen LogP contribution < -0.4 is 5.32 Å². The Morgan fingerprint density at radius 3 is 3.11 bits per heavy atom. The van der Waals surface area contributed by atoms with Crippen molar-refractivity contribution in [3.05, 3.63) is 35.5 Å². The lowest BCUT2D eigenvalue weighted by molar-refractivity contribution is -0.137. The van der Waals surface area contributed by atoms with Crippen molar-refractivity contribution < 1.29 is 9.90 Å². The molecular formula is C14H16N2O2S. The summed E-state index contributed by atoms with van der Waals surface area (Å²) in [5.74, 6) is 0.290. The van der Waals surface area contributed by atoms with Crippen molar-refractivity contribution in [3.8, 4) is 0 Å². The Balaban J connectivity index is 2.14. The molecule has 0 spiro atoms. The van der Waals surface area contributed by atoms with Gasteiger partial charge in [-0.05, 0) is 19.1 Å². The summed E-state index contributed by atoms with van der Waals surface area (Å²) in [7, 11) is 0. The summed E-state index contributed by atoms with van der Waals surface area (Å²) >= 11 is 1.88. The Kier molecular flexibility index (Phi) is 3.24. The Morgan fingerprint density at radius 2 is 2.42 bits per heavy atom. The molecule has 5 heteroatoms. The second-order valence-corrected chi connectivity index (χ2v) is 6.04. The molecule has 0 radical (unpaired) electrons. The molecule has 0 aliphatic carbocycles. The molecule has 0 bridgehead atoms. The molecule has 1 fully saturated rings. The quantitative estimate of drug-likeness (QED) is 0.903. The maximum atomic E-state index is 11.0. The van der Waals surface area contributed by atoms with Gasteiger partial charge >= 0.3 is 5.97 Å². The molecule has 1 aliphatic heterocycles. The van der Waals surface area contributed by atoms with Gasteiger partial charge in [-0.15, -0.1) is 11.8 Å². The minimum absolute atomic E-state index is 0.0109. The number of benzene rings is 1. The topological polar surface area (TPSA) is 54.3 Å². The Bertz CT molecular complexity index is 630. The van der Waals surface area contributed by atoms with Gasteiger partial charge in [0.1, 0.15) is 6.54 Å². The molecular weight excluding hydrogens is 260 g/mol. The van der Waals surface area contributed by atoms with Crippen molar-refractivity contribution in [1.29, 1.82) is 0 Å². The number of hydrogen-bond donors (Lipinski definition) is 2. The summed E-state index contributed by atoms with van der Waals surface area (Å²) in [6.07, 6.45) is 1.98. The van der Waals surface area contributed by atoms with Crippen molar-refractivity contribution in [1.82, 2.24) is 9.88 Å². The average Bonchev–Trinajstić information content (AvgIpc) is 2.96. The van der Waals surface area contributed by atoms with Crippen LogP contribution in [0.25, 0.3) is 10.9 Å². The van der Waals surface area contributed by atoms with Gasteiger partial charge in [0.2, 0.25) is 0 Å². The van der Waals surface area contributed by atoms with E-state index in [0.717, 1.165) is 23.2 Å². The number of carboxylic acid groups (broad SMARTS) is 1. The molecule has 100 valence electrons. The lowest BCUT2D eigenvalue weighted by atomic mass is 10.1. The molecule has 2 heterocycles. The summed E-state index contributed by atoms with van der Waals surface area (Å²) in [5.41, 5.74) is 3.39. The first kappa shape index (κ1) is 12.6. The van der Waals surface area contributed by atoms with Crippen LogP contribution in [0, 0.1) is 6.92 Å². The standard InChI is InChI=1S/C14H16N2O2S/c1-9-2-3-12-10(6-9)11(14-15-4-5-19-14)7-16(12)8-13(17)18/h2-3,6-7,14-15H,4-5,8H2,1H3,(H,17,18). The van der Waals surface area contributed by atoms with Gasteiger partial charge in [-0.2, -0.15) is 0 Å². The number of thioether (sulfide) groups is 1. The lowest BCUT2D eigenvalue weighted by Gasteiger charge is -2.07. The van der Waals surface area contributed by atoms with Gasteiger partial charge in [-0.3, -0.25) is 4.79 Å². The van der Waals surface area contributed by atoms with E-state index in [4.69, 9.17) is 5.11 Å². The number of fused-ring (bicyclic) bond motifs is 1. The monoisotopic (exact) mass is 276 g/mol. The third-order valence-electron chi connectivity index (χ3n) is 3.37. The van der Waals surface area contributed by atoms with E-state index >= 15 is 0 Å². The van der Waals surface area contributed by atoms with Crippen molar-refractivity contribution in [2.75, 3.05) is 12.3 Å². The second-order valence-electron chi connectivity index (χ2n) is 4.83. The molecule has 2 N–H and O–H groups in total. The van der Waals surface area contributed by atoms with Gasteiger partial charge < -0.3 is 15.0 Å². The van der Waals surface area contributed by atoms with E-state index in [1.54, 1.807) is 0 Å². The van der Waals surface area contributed by atoms with Gasteiger partial charge in [-0.1, -0.05) is 11.6 Å². The maximum Gasteiger partial charge on any atom is 0.323 e. The third kappa shape index (κ3) is 2.35. The third-order valence-corrected chi connectivity index (χ3v) is 4.57. The SMILES string of the molecule is Cc1ccc2c(c1)c(C1NCCS1)cn2CC(=O)O. The number of aryl methyl sites for hydroxylation is 1. The summed E-state index contributed by atoms with van der Waals surface area (Å²) in [6.45, 7) is 3.08. The maximum absolute atomic E-state index is 11.0. The predicted molar refractivity (Wildman–Crippen MR) is 77.5 cm³/mol. The summed E-state index contributed by atoms with van der Waals surface area (Å²) in [5, 5.41) is 13.9. The van der Waals surface area contributed by atoms with E-state index in [9.17, 15) is 4.79 Å². The van der Waals surface area contributed by atoms with Crippen molar-refractivity contribution >= 4 is 28.6 Å². The zero-order valence-electron chi connectivity index (χ0n) is 10.7. The molecule has 3 rings (SSSR count). The van der Waals surface area contributed by atoms with Crippen LogP contribution in [0.1, 0.15) is 16.5 Å². The number of nitrogens with zero attached hydrogens (tertiary/aromatic N) is 1. The second kappa shape index (κ2) is 4.90. The highest BCUT2D eigenvalue weighted by Gasteiger charge is 2.22. The number of aliphatic carboxylic acids is 1. The van der Waals surface area contributed by atoms with Crippen LogP contribution in [0.15, 0.2) is 24.4 Å². The van der Waals surface area contributed by atoms with Gasteiger partial charge in [0.15, 0.2) is 0 Å². The van der Waals surface area contributed by atoms with Crippen LogP contribution >= 0.6 is 11.8 Å². The molecule has 1 saturated heterocycles. The van der Waals surface area contributed by atoms with E-state index in [0.29, 0.717) is 0 Å². The van der Waals surface area contributed by atoms with Gasteiger partial charge in [0.05, 0.1) is 5.37 Å². The van der Waals surface area contributed by atoms with Crippen molar-refractivity contribution in [3.63, 3.8) is 0 Å². The van der Waals surface area contributed by atoms with Crippen LogP contribution in [-0.2, 0) is 11.3 Å². The average molecular weight is 276 g/mol. The zero-order chi connectivity index (χ0) is 13.4. The smallest absolute Gasteiger partial charge is 0.323 e. The van der Waals surface area contributed by atoms with Gasteiger partial charge in [-0.25, -0.2) is 0 Å². The van der Waals surface area contributed by atoms with E-state index in [1.165, 1.54) is 11.1 Å². The number of nitrogens with one attached hydrogen (secondary N) is 1. The molecule has 1 unspecified atom stereocenters. The van der Waals surface area contributed by atoms with E-state index in [-0.39, 0.29) is 11.9 Å². The molecule has 4 nitrogen and oxygen atoms in total. The first-order valence-electron chi connectivity index (χ1n) is 6.31. The Hall–Kier alpha value is -1.46. The summed E-state index contributed by atoms with van der Waals surface area (Å²) < 4.78 is 1.83. The Morgan fingerprint density at radius 1 is 1.58 bits per heavy atom. The van der Waals surface area contributed by atoms with E-state index in [1.807, 2.05) is 34.7 Å². The fraction of sp³-hybridized carbons (Fsp3) is 0.357. The minimum atomic E-state index is -0.809. The van der Waals surface area contributed by atoms with Crippen LogP contribution in [0.5, 0.6) is 0 Å². The fourth-order valence-electron chi connectivity index (χ4n) is 2.55. The Labute approximate surface area is 115 Å². The molecule has 19 heavy (non-hydrogen) atoms. The number of hydrogen-bond acceptors (Lipinski definition) is 3. The van der Waals surface area contributed by atoms with Crippen LogP contribution in [-0.4, -0.2) is 27.9 Å². The predicted octanol–water partition coefficient (Wildman–Crippen LogP) is 2.37. The largest absolute Gasteiger partial charge is 0.480 e. The molecule has 0 amide bonds. The first-order valence-corrected chi connectivity index (χ1v) is 7.36. The van der Waals surface area contributed by atoms with Crippen molar-refractivity contribution in [2.24, 2.45) is 0 Å². The lowest BCUT2D eigenvalue weighted by Crippen LogP contribution is -2.12. The molecule has 2 aromatic rings. The van der Waals surface area contributed by atoms with Gasteiger partial charge in [0.25, 0.3) is 0 Å². The number of aromatic nitrogens is 1. The first-order chi connectivity index (χ1) is 9.15. The molecule has 1 atom stereocenters. The highest BCUT2D eigenvalue weighted by molar-refractivity contribution is 7.99. The van der Waals surface area contributed by atoms with Crippen LogP contribution in [0.4, 0.5) is 0 Å². The number of carbonyl (C=O) groups is 1. The zero-order valence-corrected chi connectivity index (χ0v) is 11.5. The number of rotatable bonds is 3. The fourth-order valence-corrected chi connectivity index (χ4v) is 3.62. The molecule has 1 aromatic heterocycles. The normalized spacial score (nSPS) is 19.1. The van der Waals surface area contributed by atoms with E-state index < -0.39 is 5.97 Å². The van der Waals surface area contributed by atoms with Crippen molar-refractivity contribution in [2.45, 2.75) is 18.8 Å². The summed E-state index contributed by atoms with van der Waals surface area (Å²) in [4.78, 5) is 11.0. The van der Waals surface area contributed by atoms with Gasteiger partial charge in [0, 0.05) is 35.0 Å². The van der Waals surface area contributed by atoms with Crippen LogP contribution in [0.3, 0.4) is 0 Å². The molecule has 1 aromatic carbocycles. The molecule has 1 aliphatic rings. The highest BCUT2D eigenvalue weighted by atomic mass is 32.2. The summed E-state index contributed by atoms with van der Waals surface area (Å²) in [6, 6.07) is 6.18.